The zero-order valence-electron chi connectivity index (χ0n) is 11.1. The molecule has 2 nitrogen and oxygen atoms in total. The van der Waals surface area contributed by atoms with Crippen LogP contribution in [0.4, 0.5) is 0 Å². The van der Waals surface area contributed by atoms with Crippen molar-refractivity contribution < 1.29 is 4.42 Å². The van der Waals surface area contributed by atoms with Gasteiger partial charge < -0.3 is 9.73 Å². The van der Waals surface area contributed by atoms with Crippen LogP contribution in [0.2, 0.25) is 5.22 Å². The summed E-state index contributed by atoms with van der Waals surface area (Å²) in [6, 6.07) is 4.10. The number of hydrogen-bond donors (Lipinski definition) is 1. The minimum atomic E-state index is 0.307. The molecule has 0 amide bonds. The summed E-state index contributed by atoms with van der Waals surface area (Å²) in [6.45, 7) is 7.72. The molecule has 0 aromatic carbocycles. The van der Waals surface area contributed by atoms with Gasteiger partial charge in [0.05, 0.1) is 6.04 Å². The van der Waals surface area contributed by atoms with Gasteiger partial charge in [0.2, 0.25) is 0 Å². The van der Waals surface area contributed by atoms with Crippen LogP contribution in [0.15, 0.2) is 16.5 Å². The van der Waals surface area contributed by atoms with Crippen LogP contribution in [0, 0.1) is 5.92 Å². The van der Waals surface area contributed by atoms with Gasteiger partial charge in [0.1, 0.15) is 5.76 Å². The van der Waals surface area contributed by atoms with Gasteiger partial charge in [0, 0.05) is 0 Å². The van der Waals surface area contributed by atoms with Crippen LogP contribution in [0.1, 0.15) is 58.3 Å². The smallest absolute Gasteiger partial charge is 0.193 e. The molecule has 0 spiro atoms. The first-order valence-electron chi connectivity index (χ1n) is 6.62. The first kappa shape index (κ1) is 14.6. The largest absolute Gasteiger partial charge is 0.448 e. The van der Waals surface area contributed by atoms with Gasteiger partial charge in [0.15, 0.2) is 5.22 Å². The molecule has 1 N–H and O–H groups in total. The Bertz CT molecular complexity index is 309. The lowest BCUT2D eigenvalue weighted by Gasteiger charge is -2.16. The topological polar surface area (TPSA) is 25.2 Å². The van der Waals surface area contributed by atoms with Crippen molar-refractivity contribution in [2.45, 2.75) is 52.5 Å². The molecule has 1 unspecified atom stereocenters. The highest BCUT2D eigenvalue weighted by molar-refractivity contribution is 6.28. The third-order valence-corrected chi connectivity index (χ3v) is 3.06. The second-order valence-electron chi connectivity index (χ2n) is 4.97. The van der Waals surface area contributed by atoms with Crippen LogP contribution in [-0.4, -0.2) is 6.54 Å². The summed E-state index contributed by atoms with van der Waals surface area (Å²) in [4.78, 5) is 0. The van der Waals surface area contributed by atoms with Gasteiger partial charge in [-0.05, 0) is 49.0 Å². The van der Waals surface area contributed by atoms with Crippen LogP contribution in [0.5, 0.6) is 0 Å². The Morgan fingerprint density at radius 3 is 2.59 bits per heavy atom. The Morgan fingerprint density at radius 1 is 1.29 bits per heavy atom. The molecule has 0 saturated heterocycles. The third kappa shape index (κ3) is 5.60. The molecule has 1 atom stereocenters. The molecule has 0 aliphatic rings. The normalized spacial score (nSPS) is 13.2. The first-order valence-corrected chi connectivity index (χ1v) is 7.00. The molecule has 0 radical (unpaired) electrons. The SMILES string of the molecule is CCCNC(CCCC(C)C)c1ccc(Cl)o1. The summed E-state index contributed by atoms with van der Waals surface area (Å²) in [7, 11) is 0. The average Bonchev–Trinajstić information content (AvgIpc) is 2.69. The number of halogens is 1. The molecule has 1 aromatic rings. The van der Waals surface area contributed by atoms with Crippen molar-refractivity contribution in [1.82, 2.24) is 5.32 Å². The molecule has 3 heteroatoms. The summed E-state index contributed by atoms with van der Waals surface area (Å²) in [5, 5.41) is 4.00. The summed E-state index contributed by atoms with van der Waals surface area (Å²) >= 11 is 5.83. The van der Waals surface area contributed by atoms with E-state index in [0.29, 0.717) is 11.3 Å². The predicted molar refractivity (Wildman–Crippen MR) is 73.4 cm³/mol. The first-order chi connectivity index (χ1) is 8.13. The third-order valence-electron chi connectivity index (χ3n) is 2.85. The fourth-order valence-corrected chi connectivity index (χ4v) is 2.06. The molecule has 98 valence electrons. The Labute approximate surface area is 110 Å². The van der Waals surface area contributed by atoms with Gasteiger partial charge in [-0.3, -0.25) is 0 Å². The Balaban J connectivity index is 2.48. The highest BCUT2D eigenvalue weighted by Crippen LogP contribution is 2.24. The zero-order chi connectivity index (χ0) is 12.7. The Hall–Kier alpha value is -0.470. The van der Waals surface area contributed by atoms with Gasteiger partial charge >= 0.3 is 0 Å². The predicted octanol–water partition coefficient (Wildman–Crippen LogP) is 4.80. The molecule has 0 fully saturated rings. The molecule has 0 bridgehead atoms. The lowest BCUT2D eigenvalue weighted by atomic mass is 10.0. The van der Waals surface area contributed by atoms with E-state index in [9.17, 15) is 0 Å². The summed E-state index contributed by atoms with van der Waals surface area (Å²) in [5.41, 5.74) is 0. The fraction of sp³-hybridized carbons (Fsp3) is 0.714. The van der Waals surface area contributed by atoms with Gasteiger partial charge in [-0.15, -0.1) is 0 Å². The van der Waals surface area contributed by atoms with Crippen LogP contribution in [-0.2, 0) is 0 Å². The van der Waals surface area contributed by atoms with Crippen LogP contribution in [0.3, 0.4) is 0 Å². The summed E-state index contributed by atoms with van der Waals surface area (Å²) < 4.78 is 5.50. The van der Waals surface area contributed by atoms with E-state index in [2.05, 4.69) is 26.1 Å². The van der Waals surface area contributed by atoms with E-state index < -0.39 is 0 Å². The minimum absolute atomic E-state index is 0.307. The van der Waals surface area contributed by atoms with E-state index in [1.54, 1.807) is 0 Å². The Morgan fingerprint density at radius 2 is 2.06 bits per heavy atom. The maximum Gasteiger partial charge on any atom is 0.193 e. The molecule has 0 aliphatic heterocycles. The van der Waals surface area contributed by atoms with Crippen LogP contribution < -0.4 is 5.32 Å². The van der Waals surface area contributed by atoms with Crippen LogP contribution in [0.25, 0.3) is 0 Å². The second-order valence-corrected chi connectivity index (χ2v) is 5.35. The van der Waals surface area contributed by atoms with Gasteiger partial charge in [-0.25, -0.2) is 0 Å². The highest BCUT2D eigenvalue weighted by atomic mass is 35.5. The zero-order valence-corrected chi connectivity index (χ0v) is 11.9. The number of furan rings is 1. The highest BCUT2D eigenvalue weighted by Gasteiger charge is 2.14. The molecule has 1 aromatic heterocycles. The second kappa shape index (κ2) is 7.78. The van der Waals surface area contributed by atoms with Crippen molar-refractivity contribution in [3.05, 3.63) is 23.1 Å². The number of rotatable bonds is 8. The van der Waals surface area contributed by atoms with Crippen molar-refractivity contribution >= 4 is 11.6 Å². The summed E-state index contributed by atoms with van der Waals surface area (Å²) in [5.74, 6) is 1.73. The van der Waals surface area contributed by atoms with Crippen molar-refractivity contribution in [2.24, 2.45) is 5.92 Å². The number of nitrogens with one attached hydrogen (secondary N) is 1. The van der Waals surface area contributed by atoms with Crippen molar-refractivity contribution in [3.63, 3.8) is 0 Å². The minimum Gasteiger partial charge on any atom is -0.448 e. The lowest BCUT2D eigenvalue weighted by Crippen LogP contribution is -2.21. The summed E-state index contributed by atoms with van der Waals surface area (Å²) in [6.07, 6.45) is 4.73. The van der Waals surface area contributed by atoms with Crippen molar-refractivity contribution in [2.75, 3.05) is 6.54 Å². The molecule has 17 heavy (non-hydrogen) atoms. The van der Waals surface area contributed by atoms with Gasteiger partial charge in [-0.1, -0.05) is 33.6 Å². The average molecular weight is 258 g/mol. The molecule has 1 rings (SSSR count). The van der Waals surface area contributed by atoms with Crippen LogP contribution >= 0.6 is 11.6 Å². The fourth-order valence-electron chi connectivity index (χ4n) is 1.91. The van der Waals surface area contributed by atoms with E-state index in [1.807, 2.05) is 12.1 Å². The quantitative estimate of drug-likeness (QED) is 0.724. The van der Waals surface area contributed by atoms with Crippen molar-refractivity contribution in [1.29, 1.82) is 0 Å². The van der Waals surface area contributed by atoms with Gasteiger partial charge in [0.25, 0.3) is 0 Å². The van der Waals surface area contributed by atoms with Gasteiger partial charge in [-0.2, -0.15) is 0 Å². The number of hydrogen-bond acceptors (Lipinski definition) is 2. The Kier molecular flexibility index (Phi) is 6.68. The molecular formula is C14H24ClNO. The maximum absolute atomic E-state index is 5.83. The lowest BCUT2D eigenvalue weighted by molar-refractivity contribution is 0.378. The monoisotopic (exact) mass is 257 g/mol. The van der Waals surface area contributed by atoms with Crippen molar-refractivity contribution in [3.8, 4) is 0 Å². The molecule has 0 aliphatic carbocycles. The van der Waals surface area contributed by atoms with E-state index in [-0.39, 0.29) is 0 Å². The van der Waals surface area contributed by atoms with E-state index in [0.717, 1.165) is 31.1 Å². The molecule has 0 saturated carbocycles. The van der Waals surface area contributed by atoms with E-state index >= 15 is 0 Å². The van der Waals surface area contributed by atoms with E-state index in [4.69, 9.17) is 16.0 Å². The maximum atomic E-state index is 5.83. The van der Waals surface area contributed by atoms with E-state index in [1.165, 1.54) is 12.8 Å². The molecule has 1 heterocycles. The standard InChI is InChI=1S/C14H24ClNO/c1-4-10-16-12(7-5-6-11(2)3)13-8-9-14(15)17-13/h8-9,11-12,16H,4-7,10H2,1-3H3. The molecular weight excluding hydrogens is 234 g/mol.